The lowest BCUT2D eigenvalue weighted by Gasteiger charge is -2.27. The van der Waals surface area contributed by atoms with Crippen LogP contribution in [0.5, 0.6) is 5.75 Å². The first-order chi connectivity index (χ1) is 17.5. The molecule has 1 unspecified atom stereocenters. The minimum atomic E-state index is -4.91. The van der Waals surface area contributed by atoms with Gasteiger partial charge >= 0.3 is 18.4 Å². The molecule has 1 aliphatic rings. The predicted molar refractivity (Wildman–Crippen MR) is 126 cm³/mol. The number of fused-ring (bicyclic) bond motifs is 1. The summed E-state index contributed by atoms with van der Waals surface area (Å²) in [6, 6.07) is 8.88. The molecule has 2 aromatic carbocycles. The Morgan fingerprint density at radius 1 is 1.08 bits per heavy atom. The number of hydrogen-bond acceptors (Lipinski definition) is 8. The van der Waals surface area contributed by atoms with E-state index >= 15 is 0 Å². The Morgan fingerprint density at radius 2 is 1.76 bits per heavy atom. The molecule has 0 N–H and O–H groups in total. The second-order valence-electron chi connectivity index (χ2n) is 7.64. The summed E-state index contributed by atoms with van der Waals surface area (Å²) in [7, 11) is 2.22. The SMILES string of the molecule is CCOC1(C(=O)OC)Cc2cc(Cl)ccc2C1=NCC(=O)N(C(=O)OC)c1ccc(OC(F)(F)F)cc1. The van der Waals surface area contributed by atoms with Gasteiger partial charge in [0.1, 0.15) is 12.3 Å². The first-order valence-electron chi connectivity index (χ1n) is 10.8. The van der Waals surface area contributed by atoms with Crippen LogP contribution in [0.15, 0.2) is 47.5 Å². The van der Waals surface area contributed by atoms with Gasteiger partial charge in [-0.1, -0.05) is 17.7 Å². The Balaban J connectivity index is 1.98. The first kappa shape index (κ1) is 27.9. The highest BCUT2D eigenvalue weighted by Crippen LogP contribution is 2.36. The monoisotopic (exact) mass is 542 g/mol. The topological polar surface area (TPSA) is 104 Å². The van der Waals surface area contributed by atoms with Gasteiger partial charge in [0.2, 0.25) is 5.60 Å². The van der Waals surface area contributed by atoms with E-state index in [-0.39, 0.29) is 24.4 Å². The van der Waals surface area contributed by atoms with Crippen molar-refractivity contribution < 1.29 is 46.5 Å². The van der Waals surface area contributed by atoms with E-state index in [1.54, 1.807) is 25.1 Å². The summed E-state index contributed by atoms with van der Waals surface area (Å²) in [5.41, 5.74) is -0.477. The highest BCUT2D eigenvalue weighted by Gasteiger charge is 2.52. The van der Waals surface area contributed by atoms with Gasteiger partial charge in [-0.3, -0.25) is 9.79 Å². The van der Waals surface area contributed by atoms with Crippen LogP contribution in [0.4, 0.5) is 23.7 Å². The maximum atomic E-state index is 13.1. The fourth-order valence-corrected chi connectivity index (χ4v) is 4.13. The largest absolute Gasteiger partial charge is 0.573 e. The number of amides is 2. The van der Waals surface area contributed by atoms with Gasteiger partial charge in [-0.25, -0.2) is 14.5 Å². The van der Waals surface area contributed by atoms with E-state index in [0.717, 1.165) is 31.4 Å². The lowest BCUT2D eigenvalue weighted by molar-refractivity contribution is -0.274. The van der Waals surface area contributed by atoms with Crippen LogP contribution in [0.3, 0.4) is 0 Å². The lowest BCUT2D eigenvalue weighted by Crippen LogP contribution is -2.49. The minimum Gasteiger partial charge on any atom is -0.467 e. The summed E-state index contributed by atoms with van der Waals surface area (Å²) >= 11 is 6.11. The number of rotatable bonds is 7. The van der Waals surface area contributed by atoms with Gasteiger partial charge in [0.25, 0.3) is 5.91 Å². The van der Waals surface area contributed by atoms with Crippen molar-refractivity contribution in [3.8, 4) is 5.75 Å². The summed E-state index contributed by atoms with van der Waals surface area (Å²) in [6.07, 6.45) is -5.96. The molecule has 2 amide bonds. The van der Waals surface area contributed by atoms with E-state index in [1.807, 2.05) is 0 Å². The molecular formula is C24H22ClF3N2O7. The number of carbonyl (C=O) groups excluding carboxylic acids is 3. The van der Waals surface area contributed by atoms with Gasteiger partial charge < -0.3 is 18.9 Å². The maximum absolute atomic E-state index is 13.1. The zero-order valence-corrected chi connectivity index (χ0v) is 20.7. The number of benzene rings is 2. The smallest absolute Gasteiger partial charge is 0.467 e. The minimum absolute atomic E-state index is 0.0534. The number of halogens is 4. The molecule has 2 aromatic rings. The van der Waals surface area contributed by atoms with Crippen LogP contribution in [0.25, 0.3) is 0 Å². The Labute approximate surface area is 214 Å². The third-order valence-corrected chi connectivity index (χ3v) is 5.59. The molecule has 0 fully saturated rings. The summed E-state index contributed by atoms with van der Waals surface area (Å²) < 4.78 is 56.6. The molecule has 0 bridgehead atoms. The van der Waals surface area contributed by atoms with Crippen LogP contribution in [0.1, 0.15) is 18.1 Å². The molecule has 37 heavy (non-hydrogen) atoms. The maximum Gasteiger partial charge on any atom is 0.573 e. The lowest BCUT2D eigenvalue weighted by atomic mass is 9.97. The van der Waals surface area contributed by atoms with E-state index < -0.39 is 42.2 Å². The van der Waals surface area contributed by atoms with Gasteiger partial charge in [-0.2, -0.15) is 0 Å². The molecule has 0 aliphatic heterocycles. The van der Waals surface area contributed by atoms with E-state index in [0.29, 0.717) is 21.0 Å². The number of hydrogen-bond donors (Lipinski definition) is 0. The summed E-state index contributed by atoms with van der Waals surface area (Å²) in [6.45, 7) is 1.15. The van der Waals surface area contributed by atoms with Crippen LogP contribution in [-0.4, -0.2) is 63.0 Å². The molecular weight excluding hydrogens is 521 g/mol. The van der Waals surface area contributed by atoms with Gasteiger partial charge in [-0.15, -0.1) is 13.2 Å². The number of esters is 1. The van der Waals surface area contributed by atoms with E-state index in [2.05, 4.69) is 14.5 Å². The van der Waals surface area contributed by atoms with Crippen molar-refractivity contribution >= 4 is 41.0 Å². The van der Waals surface area contributed by atoms with Crippen LogP contribution >= 0.6 is 11.6 Å². The van der Waals surface area contributed by atoms with Crippen molar-refractivity contribution in [2.45, 2.75) is 25.3 Å². The van der Waals surface area contributed by atoms with Gasteiger partial charge in [-0.05, 0) is 48.9 Å². The van der Waals surface area contributed by atoms with Crippen molar-refractivity contribution in [2.75, 3.05) is 32.3 Å². The van der Waals surface area contributed by atoms with Crippen molar-refractivity contribution in [1.29, 1.82) is 0 Å². The molecule has 3 rings (SSSR count). The average molecular weight is 543 g/mol. The Bertz CT molecular complexity index is 1220. The third-order valence-electron chi connectivity index (χ3n) is 5.36. The molecule has 1 atom stereocenters. The normalized spacial score (nSPS) is 17.8. The average Bonchev–Trinajstić information content (AvgIpc) is 3.15. The van der Waals surface area contributed by atoms with E-state index in [9.17, 15) is 27.6 Å². The molecule has 13 heteroatoms. The number of nitrogens with zero attached hydrogens (tertiary/aromatic N) is 2. The summed E-state index contributed by atoms with van der Waals surface area (Å²) in [5, 5.41) is 0.418. The fraction of sp³-hybridized carbons (Fsp3) is 0.333. The molecule has 0 spiro atoms. The Morgan fingerprint density at radius 3 is 2.32 bits per heavy atom. The zero-order chi connectivity index (χ0) is 27.4. The molecule has 1 aliphatic carbocycles. The van der Waals surface area contributed by atoms with Crippen molar-refractivity contribution in [2.24, 2.45) is 4.99 Å². The number of alkyl halides is 3. The van der Waals surface area contributed by atoms with Crippen molar-refractivity contribution in [3.63, 3.8) is 0 Å². The third kappa shape index (κ3) is 6.03. The molecule has 9 nitrogen and oxygen atoms in total. The highest BCUT2D eigenvalue weighted by atomic mass is 35.5. The van der Waals surface area contributed by atoms with Gasteiger partial charge in [0.05, 0.1) is 25.6 Å². The van der Waals surface area contributed by atoms with Crippen molar-refractivity contribution in [3.05, 3.63) is 58.6 Å². The van der Waals surface area contributed by atoms with Crippen LogP contribution in [-0.2, 0) is 30.2 Å². The number of methoxy groups -OCH3 is 2. The number of aliphatic imine (C=N–C) groups is 1. The number of ether oxygens (including phenoxy) is 4. The van der Waals surface area contributed by atoms with Gasteiger partial charge in [0, 0.05) is 23.6 Å². The van der Waals surface area contributed by atoms with Crippen LogP contribution < -0.4 is 9.64 Å². The number of anilines is 1. The molecule has 0 saturated carbocycles. The second-order valence-corrected chi connectivity index (χ2v) is 8.07. The highest BCUT2D eigenvalue weighted by molar-refractivity contribution is 6.31. The fourth-order valence-electron chi connectivity index (χ4n) is 3.94. The Hall–Kier alpha value is -3.64. The van der Waals surface area contributed by atoms with E-state index in [1.165, 1.54) is 7.11 Å². The van der Waals surface area contributed by atoms with Crippen LogP contribution in [0.2, 0.25) is 5.02 Å². The number of carbonyl (C=O) groups is 3. The molecule has 0 radical (unpaired) electrons. The van der Waals surface area contributed by atoms with Crippen LogP contribution in [0, 0.1) is 0 Å². The zero-order valence-electron chi connectivity index (χ0n) is 19.9. The summed E-state index contributed by atoms with van der Waals surface area (Å²) in [4.78, 5) is 43.3. The second kappa shape index (κ2) is 11.2. The predicted octanol–water partition coefficient (Wildman–Crippen LogP) is 4.33. The number of imide groups is 1. The van der Waals surface area contributed by atoms with Crippen molar-refractivity contribution in [1.82, 2.24) is 0 Å². The summed E-state index contributed by atoms with van der Waals surface area (Å²) in [5.74, 6) is -2.17. The molecule has 0 saturated heterocycles. The standard InChI is InChI=1S/C24H22ClF3N2O7/c1-4-36-23(21(32)34-2)12-14-11-15(25)5-10-18(14)20(23)29-13-19(31)30(22(33)35-3)16-6-8-17(9-7-16)37-24(26,27)28/h5-11H,4,12-13H2,1-3H3. The first-order valence-corrected chi connectivity index (χ1v) is 11.2. The molecule has 0 aromatic heterocycles. The molecule has 198 valence electrons. The van der Waals surface area contributed by atoms with Gasteiger partial charge in [0.15, 0.2) is 0 Å². The molecule has 0 heterocycles. The quantitative estimate of drug-likeness (QED) is 0.480. The Kier molecular flexibility index (Phi) is 8.44. The van der Waals surface area contributed by atoms with E-state index in [4.69, 9.17) is 21.1 Å².